The van der Waals surface area contributed by atoms with Gasteiger partial charge in [-0.25, -0.2) is 4.79 Å². The van der Waals surface area contributed by atoms with E-state index in [1.165, 1.54) is 0 Å². The highest BCUT2D eigenvalue weighted by molar-refractivity contribution is 6.66. The molecule has 0 spiro atoms. The zero-order chi connectivity index (χ0) is 10.1. The van der Waals surface area contributed by atoms with E-state index in [0.717, 1.165) is 6.07 Å². The maximum absolute atomic E-state index is 10.4. The SMILES string of the molecule is O=C(O)c1cc(C(Cl)(Cl)Cl)nnn1. The largest absolute Gasteiger partial charge is 0.476 e. The molecule has 0 amide bonds. The lowest BCUT2D eigenvalue weighted by Gasteiger charge is -2.07. The molecule has 1 N–H and O–H groups in total. The minimum Gasteiger partial charge on any atom is -0.476 e. The summed E-state index contributed by atoms with van der Waals surface area (Å²) in [6, 6.07) is 1.04. The van der Waals surface area contributed by atoms with E-state index in [2.05, 4.69) is 15.4 Å². The van der Waals surface area contributed by atoms with Crippen LogP contribution in [0.25, 0.3) is 0 Å². The lowest BCUT2D eigenvalue weighted by Crippen LogP contribution is -2.11. The fourth-order valence-electron chi connectivity index (χ4n) is 0.549. The highest BCUT2D eigenvalue weighted by Gasteiger charge is 2.26. The smallest absolute Gasteiger partial charge is 0.356 e. The van der Waals surface area contributed by atoms with Crippen molar-refractivity contribution in [3.63, 3.8) is 0 Å². The second-order valence-corrected chi connectivity index (χ2v) is 4.29. The molecule has 70 valence electrons. The number of alkyl halides is 3. The summed E-state index contributed by atoms with van der Waals surface area (Å²) in [6.07, 6.45) is 0. The third-order valence-electron chi connectivity index (χ3n) is 1.09. The average molecular weight is 242 g/mol. The quantitative estimate of drug-likeness (QED) is 0.753. The summed E-state index contributed by atoms with van der Waals surface area (Å²) in [5.74, 6) is -1.26. The zero-order valence-electron chi connectivity index (χ0n) is 5.91. The molecule has 1 heterocycles. The Bertz CT molecular complexity index is 338. The molecule has 0 fully saturated rings. The molecule has 1 rings (SSSR count). The van der Waals surface area contributed by atoms with Crippen molar-refractivity contribution in [3.8, 4) is 0 Å². The summed E-state index contributed by atoms with van der Waals surface area (Å²) < 4.78 is -1.79. The predicted octanol–water partition coefficient (Wildman–Crippen LogP) is 1.40. The molecule has 0 aliphatic rings. The number of hydrogen-bond donors (Lipinski definition) is 1. The molecule has 0 saturated heterocycles. The Kier molecular flexibility index (Phi) is 2.90. The summed E-state index contributed by atoms with van der Waals surface area (Å²) >= 11 is 16.3. The lowest BCUT2D eigenvalue weighted by atomic mass is 10.3. The van der Waals surface area contributed by atoms with Crippen molar-refractivity contribution >= 4 is 40.8 Å². The molecule has 1 aromatic heterocycles. The molecule has 0 aliphatic heterocycles. The first kappa shape index (κ1) is 10.4. The summed E-state index contributed by atoms with van der Waals surface area (Å²) in [6.45, 7) is 0. The van der Waals surface area contributed by atoms with Crippen LogP contribution in [0.2, 0.25) is 0 Å². The summed E-state index contributed by atoms with van der Waals surface area (Å²) in [4.78, 5) is 10.4. The monoisotopic (exact) mass is 241 g/mol. The molecule has 0 radical (unpaired) electrons. The molecule has 5 nitrogen and oxygen atoms in total. The average Bonchev–Trinajstić information content (AvgIpc) is 2.03. The first-order valence-electron chi connectivity index (χ1n) is 2.92. The molecular formula is C5H2Cl3N3O2. The van der Waals surface area contributed by atoms with Gasteiger partial charge in [0.05, 0.1) is 0 Å². The van der Waals surface area contributed by atoms with Gasteiger partial charge in [0.25, 0.3) is 0 Å². The predicted molar refractivity (Wildman–Crippen MR) is 46.0 cm³/mol. The van der Waals surface area contributed by atoms with Crippen LogP contribution in [0.5, 0.6) is 0 Å². The van der Waals surface area contributed by atoms with Crippen molar-refractivity contribution in [1.82, 2.24) is 15.4 Å². The maximum atomic E-state index is 10.4. The van der Waals surface area contributed by atoms with E-state index < -0.39 is 9.76 Å². The van der Waals surface area contributed by atoms with Crippen LogP contribution in [0.15, 0.2) is 6.07 Å². The highest BCUT2D eigenvalue weighted by Crippen LogP contribution is 2.36. The summed E-state index contributed by atoms with van der Waals surface area (Å²) in [7, 11) is 0. The number of hydrogen-bond acceptors (Lipinski definition) is 4. The van der Waals surface area contributed by atoms with Gasteiger partial charge in [-0.15, -0.1) is 10.2 Å². The number of rotatable bonds is 1. The number of aromatic nitrogens is 3. The number of carbonyl (C=O) groups is 1. The van der Waals surface area contributed by atoms with E-state index in [4.69, 9.17) is 39.9 Å². The molecule has 8 heteroatoms. The van der Waals surface area contributed by atoms with Crippen molar-refractivity contribution in [1.29, 1.82) is 0 Å². The van der Waals surface area contributed by atoms with E-state index in [1.54, 1.807) is 0 Å². The van der Waals surface area contributed by atoms with Gasteiger partial charge in [-0.05, 0) is 5.21 Å². The second kappa shape index (κ2) is 3.61. The molecular weight excluding hydrogens is 240 g/mol. The molecule has 0 unspecified atom stereocenters. The Morgan fingerprint density at radius 2 is 2.00 bits per heavy atom. The third kappa shape index (κ3) is 2.65. The van der Waals surface area contributed by atoms with Gasteiger partial charge in [0.2, 0.25) is 3.79 Å². The van der Waals surface area contributed by atoms with Crippen LogP contribution >= 0.6 is 34.8 Å². The Morgan fingerprint density at radius 1 is 1.38 bits per heavy atom. The lowest BCUT2D eigenvalue weighted by molar-refractivity contribution is 0.0688. The molecule has 0 atom stereocenters. The standard InChI is InChI=1S/C5H2Cl3N3O2/c6-5(7,8)3-1-2(4(12)13)9-11-10-3/h1H,(H,12,13). The number of nitrogens with zero attached hydrogens (tertiary/aromatic N) is 3. The van der Waals surface area contributed by atoms with Gasteiger partial charge < -0.3 is 5.11 Å². The van der Waals surface area contributed by atoms with Crippen molar-refractivity contribution < 1.29 is 9.90 Å². The van der Waals surface area contributed by atoms with Crippen molar-refractivity contribution in [3.05, 3.63) is 17.5 Å². The number of aromatic carboxylic acids is 1. The summed E-state index contributed by atoms with van der Waals surface area (Å²) in [5, 5.41) is 18.2. The van der Waals surface area contributed by atoms with Crippen molar-refractivity contribution in [2.45, 2.75) is 3.79 Å². The Morgan fingerprint density at radius 3 is 2.46 bits per heavy atom. The third-order valence-corrected chi connectivity index (χ3v) is 1.67. The van der Waals surface area contributed by atoms with Crippen LogP contribution in [0.4, 0.5) is 0 Å². The number of halogens is 3. The van der Waals surface area contributed by atoms with Crippen LogP contribution in [-0.2, 0) is 3.79 Å². The van der Waals surface area contributed by atoms with E-state index >= 15 is 0 Å². The normalized spacial score (nSPS) is 11.3. The van der Waals surface area contributed by atoms with Gasteiger partial charge in [0.1, 0.15) is 5.69 Å². The molecule has 1 aromatic rings. The van der Waals surface area contributed by atoms with E-state index in [9.17, 15) is 4.79 Å². The highest BCUT2D eigenvalue weighted by atomic mass is 35.6. The van der Waals surface area contributed by atoms with E-state index in [-0.39, 0.29) is 11.4 Å². The Hall–Kier alpha value is -0.650. The van der Waals surface area contributed by atoms with Crippen molar-refractivity contribution in [2.24, 2.45) is 0 Å². The Balaban J connectivity index is 3.13. The molecule has 0 aromatic carbocycles. The molecule has 0 bridgehead atoms. The van der Waals surface area contributed by atoms with Crippen LogP contribution < -0.4 is 0 Å². The minimum atomic E-state index is -1.79. The van der Waals surface area contributed by atoms with Crippen LogP contribution in [0, 0.1) is 0 Å². The fourth-order valence-corrected chi connectivity index (χ4v) is 0.826. The van der Waals surface area contributed by atoms with Gasteiger partial charge in [0, 0.05) is 6.07 Å². The number of carboxylic acid groups (broad SMARTS) is 1. The number of carboxylic acids is 1. The first-order valence-corrected chi connectivity index (χ1v) is 4.05. The summed E-state index contributed by atoms with van der Waals surface area (Å²) in [5.41, 5.74) is -0.402. The topological polar surface area (TPSA) is 76.0 Å². The van der Waals surface area contributed by atoms with Gasteiger partial charge in [-0.2, -0.15) is 0 Å². The fraction of sp³-hybridized carbons (Fsp3) is 0.200. The zero-order valence-corrected chi connectivity index (χ0v) is 8.18. The Labute approximate surface area is 87.6 Å². The van der Waals surface area contributed by atoms with Crippen LogP contribution in [0.3, 0.4) is 0 Å². The second-order valence-electron chi connectivity index (χ2n) is 2.01. The molecule has 13 heavy (non-hydrogen) atoms. The molecule has 0 aliphatic carbocycles. The van der Waals surface area contributed by atoms with E-state index in [1.807, 2.05) is 0 Å². The molecule has 0 saturated carbocycles. The van der Waals surface area contributed by atoms with Gasteiger partial charge >= 0.3 is 5.97 Å². The minimum absolute atomic E-state index is 0.0788. The van der Waals surface area contributed by atoms with Crippen LogP contribution in [-0.4, -0.2) is 26.5 Å². The first-order chi connectivity index (χ1) is 5.91. The maximum Gasteiger partial charge on any atom is 0.356 e. The van der Waals surface area contributed by atoms with Crippen LogP contribution in [0.1, 0.15) is 16.2 Å². The van der Waals surface area contributed by atoms with Gasteiger partial charge in [0.15, 0.2) is 5.69 Å². The van der Waals surface area contributed by atoms with Gasteiger partial charge in [-0.3, -0.25) is 0 Å². The van der Waals surface area contributed by atoms with Crippen molar-refractivity contribution in [2.75, 3.05) is 0 Å². The van der Waals surface area contributed by atoms with E-state index in [0.29, 0.717) is 0 Å². The van der Waals surface area contributed by atoms with Gasteiger partial charge in [-0.1, -0.05) is 34.8 Å².